The van der Waals surface area contributed by atoms with Crippen LogP contribution in [0.15, 0.2) is 55.5 Å². The van der Waals surface area contributed by atoms with Crippen molar-refractivity contribution in [3.05, 3.63) is 72.5 Å². The summed E-state index contributed by atoms with van der Waals surface area (Å²) in [5.74, 6) is -5.05. The zero-order valence-corrected chi connectivity index (χ0v) is 22.7. The number of aromatic amines is 3. The summed E-state index contributed by atoms with van der Waals surface area (Å²) in [5.41, 5.74) is 8.10. The number of nitrogens with two attached hydrogens (primary N) is 1. The van der Waals surface area contributed by atoms with Gasteiger partial charge in [0.05, 0.1) is 25.1 Å². The highest BCUT2D eigenvalue weighted by atomic mass is 16.4. The van der Waals surface area contributed by atoms with Crippen molar-refractivity contribution >= 4 is 40.6 Å². The maximum Gasteiger partial charge on any atom is 0.326 e. The van der Waals surface area contributed by atoms with E-state index < -0.39 is 60.2 Å². The lowest BCUT2D eigenvalue weighted by Crippen LogP contribution is -2.58. The Balaban J connectivity index is 1.53. The number of carbonyl (C=O) groups excluding carboxylic acids is 3. The molecule has 0 saturated carbocycles. The number of H-pyrrole nitrogens is 3. The average molecular weight is 594 g/mol. The second kappa shape index (κ2) is 13.9. The topological polar surface area (TPSA) is 261 Å². The first kappa shape index (κ1) is 30.4. The van der Waals surface area contributed by atoms with Crippen molar-refractivity contribution < 1.29 is 34.2 Å². The van der Waals surface area contributed by atoms with E-state index in [-0.39, 0.29) is 19.3 Å². The first-order chi connectivity index (χ1) is 20.6. The number of imidazole rings is 2. The van der Waals surface area contributed by atoms with E-state index in [1.807, 2.05) is 24.3 Å². The van der Waals surface area contributed by atoms with Crippen LogP contribution in [0.25, 0.3) is 10.9 Å². The van der Waals surface area contributed by atoms with Crippen LogP contribution in [-0.2, 0) is 43.2 Å². The van der Waals surface area contributed by atoms with Gasteiger partial charge in [-0.15, -0.1) is 0 Å². The fourth-order valence-corrected chi connectivity index (χ4v) is 4.48. The molecule has 43 heavy (non-hydrogen) atoms. The van der Waals surface area contributed by atoms with Gasteiger partial charge in [0, 0.05) is 60.1 Å². The summed E-state index contributed by atoms with van der Waals surface area (Å²) < 4.78 is 0. The Morgan fingerprint density at radius 2 is 1.33 bits per heavy atom. The van der Waals surface area contributed by atoms with Gasteiger partial charge in [0.1, 0.15) is 18.1 Å². The number of rotatable bonds is 15. The molecule has 0 radical (unpaired) electrons. The predicted molar refractivity (Wildman–Crippen MR) is 150 cm³/mol. The zero-order chi connectivity index (χ0) is 30.9. The molecule has 0 spiro atoms. The van der Waals surface area contributed by atoms with Crippen molar-refractivity contribution in [1.82, 2.24) is 40.9 Å². The molecule has 0 fully saturated rings. The molecule has 3 heterocycles. The number of fused-ring (bicyclic) bond motifs is 1. The lowest BCUT2D eigenvalue weighted by Gasteiger charge is -2.25. The van der Waals surface area contributed by atoms with Crippen LogP contribution < -0.4 is 21.7 Å². The third-order valence-electron chi connectivity index (χ3n) is 6.67. The monoisotopic (exact) mass is 593 g/mol. The van der Waals surface area contributed by atoms with Crippen LogP contribution in [0.2, 0.25) is 0 Å². The summed E-state index contributed by atoms with van der Waals surface area (Å²) in [4.78, 5) is 79.3. The second-order valence-electron chi connectivity index (χ2n) is 9.85. The van der Waals surface area contributed by atoms with Gasteiger partial charge in [-0.3, -0.25) is 19.2 Å². The highest BCUT2D eigenvalue weighted by molar-refractivity contribution is 5.95. The molecular weight excluding hydrogens is 562 g/mol. The van der Waals surface area contributed by atoms with Gasteiger partial charge in [0.2, 0.25) is 17.7 Å². The molecule has 4 atom stereocenters. The molecule has 4 aromatic rings. The molecule has 10 N–H and O–H groups in total. The molecule has 0 aliphatic heterocycles. The quantitative estimate of drug-likeness (QED) is 0.0810. The molecule has 4 rings (SSSR count). The Hall–Kier alpha value is -5.51. The molecule has 16 heteroatoms. The molecule has 0 bridgehead atoms. The zero-order valence-electron chi connectivity index (χ0n) is 22.7. The smallest absolute Gasteiger partial charge is 0.326 e. The number of amides is 3. The molecule has 3 aromatic heterocycles. The Bertz CT molecular complexity index is 1570. The molecule has 0 saturated heterocycles. The predicted octanol–water partition coefficient (Wildman–Crippen LogP) is -1.02. The van der Waals surface area contributed by atoms with Gasteiger partial charge in [-0.1, -0.05) is 18.2 Å². The summed E-state index contributed by atoms with van der Waals surface area (Å²) in [6, 6.07) is 2.00. The number of carboxylic acid groups (broad SMARTS) is 2. The van der Waals surface area contributed by atoms with Gasteiger partial charge < -0.3 is 46.8 Å². The molecule has 1 aromatic carbocycles. The second-order valence-corrected chi connectivity index (χ2v) is 9.85. The minimum Gasteiger partial charge on any atom is -0.481 e. The van der Waals surface area contributed by atoms with Crippen LogP contribution in [0.1, 0.15) is 23.4 Å². The number of aromatic nitrogens is 5. The third-order valence-corrected chi connectivity index (χ3v) is 6.67. The van der Waals surface area contributed by atoms with Gasteiger partial charge >= 0.3 is 11.9 Å². The Kier molecular flexibility index (Phi) is 9.85. The van der Waals surface area contributed by atoms with Gasteiger partial charge in [-0.25, -0.2) is 14.8 Å². The summed E-state index contributed by atoms with van der Waals surface area (Å²) >= 11 is 0. The maximum atomic E-state index is 13.5. The van der Waals surface area contributed by atoms with Gasteiger partial charge in [-0.2, -0.15) is 0 Å². The fourth-order valence-electron chi connectivity index (χ4n) is 4.48. The van der Waals surface area contributed by atoms with E-state index in [9.17, 15) is 29.1 Å². The lowest BCUT2D eigenvalue weighted by molar-refractivity contribution is -0.142. The standard InChI is InChI=1S/C27H31N9O7/c28-18(8-23(37)38)24(39)34-20(6-15-10-29-12-32-15)25(40)35-21(7-16-11-30-13-33-16)26(41)36-22(27(42)43)5-14-9-31-19-4-2-1-3-17(14)19/h1-4,9-13,18,20-22,31H,5-8,28H2,(H,29,32)(H,30,33)(H,34,39)(H,35,40)(H,36,41)(H,37,38)(H,42,43). The SMILES string of the molecule is NC(CC(=O)O)C(=O)NC(Cc1cnc[nH]1)C(=O)NC(Cc1cnc[nH]1)C(=O)NC(Cc1c[nH]c2ccccc12)C(=O)O. The molecule has 0 aliphatic carbocycles. The number of benzene rings is 1. The number of carboxylic acids is 2. The highest BCUT2D eigenvalue weighted by Crippen LogP contribution is 2.19. The normalized spacial score (nSPS) is 13.9. The van der Waals surface area contributed by atoms with Crippen molar-refractivity contribution in [2.45, 2.75) is 49.9 Å². The Morgan fingerprint density at radius 3 is 1.86 bits per heavy atom. The number of aliphatic carboxylic acids is 2. The van der Waals surface area contributed by atoms with Gasteiger partial charge in [0.25, 0.3) is 0 Å². The van der Waals surface area contributed by atoms with Crippen LogP contribution in [0.3, 0.4) is 0 Å². The molecule has 4 unspecified atom stereocenters. The maximum absolute atomic E-state index is 13.5. The molecular formula is C27H31N9O7. The number of carbonyl (C=O) groups is 5. The summed E-state index contributed by atoms with van der Waals surface area (Å²) in [7, 11) is 0. The van der Waals surface area contributed by atoms with Crippen LogP contribution in [-0.4, -0.2) is 89.0 Å². The van der Waals surface area contributed by atoms with Crippen molar-refractivity contribution in [2.75, 3.05) is 0 Å². The van der Waals surface area contributed by atoms with Crippen LogP contribution in [0.5, 0.6) is 0 Å². The van der Waals surface area contributed by atoms with Crippen molar-refractivity contribution in [3.63, 3.8) is 0 Å². The number of para-hydroxylation sites is 1. The molecule has 16 nitrogen and oxygen atoms in total. The van der Waals surface area contributed by atoms with Crippen LogP contribution in [0.4, 0.5) is 0 Å². The molecule has 0 aliphatic rings. The Labute approximate surface area is 243 Å². The van der Waals surface area contributed by atoms with Gasteiger partial charge in [-0.05, 0) is 11.6 Å². The van der Waals surface area contributed by atoms with Crippen LogP contribution >= 0.6 is 0 Å². The first-order valence-electron chi connectivity index (χ1n) is 13.2. The minimum absolute atomic E-state index is 0.0320. The largest absolute Gasteiger partial charge is 0.481 e. The number of hydrogen-bond donors (Lipinski definition) is 9. The van der Waals surface area contributed by atoms with E-state index in [4.69, 9.17) is 10.8 Å². The Morgan fingerprint density at radius 1 is 0.767 bits per heavy atom. The average Bonchev–Trinajstić information content (AvgIpc) is 3.74. The van der Waals surface area contributed by atoms with Crippen LogP contribution in [0, 0.1) is 0 Å². The van der Waals surface area contributed by atoms with E-state index >= 15 is 0 Å². The fraction of sp³-hybridized carbons (Fsp3) is 0.296. The van der Waals surface area contributed by atoms with E-state index in [2.05, 4.69) is 40.9 Å². The summed E-state index contributed by atoms with van der Waals surface area (Å²) in [6.45, 7) is 0. The number of nitrogens with one attached hydrogen (secondary N) is 6. The highest BCUT2D eigenvalue weighted by Gasteiger charge is 2.32. The van der Waals surface area contributed by atoms with E-state index in [1.165, 1.54) is 25.0 Å². The molecule has 3 amide bonds. The van der Waals surface area contributed by atoms with E-state index in [0.717, 1.165) is 10.9 Å². The number of hydrogen-bond acceptors (Lipinski definition) is 8. The van der Waals surface area contributed by atoms with E-state index in [1.54, 1.807) is 6.20 Å². The summed E-state index contributed by atoms with van der Waals surface area (Å²) in [5, 5.41) is 27.2. The number of nitrogens with zero attached hydrogens (tertiary/aromatic N) is 2. The van der Waals surface area contributed by atoms with Crippen molar-refractivity contribution in [3.8, 4) is 0 Å². The lowest BCUT2D eigenvalue weighted by atomic mass is 10.0. The molecule has 226 valence electrons. The van der Waals surface area contributed by atoms with E-state index in [0.29, 0.717) is 17.0 Å². The summed E-state index contributed by atoms with van der Waals surface area (Å²) in [6.07, 6.45) is 6.44. The van der Waals surface area contributed by atoms with Gasteiger partial charge in [0.15, 0.2) is 0 Å². The minimum atomic E-state index is -1.43. The first-order valence-corrected chi connectivity index (χ1v) is 13.2. The van der Waals surface area contributed by atoms with Crippen molar-refractivity contribution in [2.24, 2.45) is 5.73 Å². The van der Waals surface area contributed by atoms with Crippen molar-refractivity contribution in [1.29, 1.82) is 0 Å². The third kappa shape index (κ3) is 8.26.